The number of likely N-dealkylation sites (tertiary alicyclic amines) is 1. The van der Waals surface area contributed by atoms with Crippen LogP contribution >= 0.6 is 0 Å². The molecule has 0 radical (unpaired) electrons. The Morgan fingerprint density at radius 2 is 2.16 bits per heavy atom. The Labute approximate surface area is 114 Å². The van der Waals surface area contributed by atoms with Gasteiger partial charge in [-0.15, -0.1) is 0 Å². The lowest BCUT2D eigenvalue weighted by Gasteiger charge is -2.32. The van der Waals surface area contributed by atoms with Gasteiger partial charge in [-0.25, -0.2) is 4.39 Å². The van der Waals surface area contributed by atoms with Crippen LogP contribution in [-0.2, 0) is 0 Å². The number of β-amino-alcohol motifs (C(OH)–C–C–N with tert-alkyl or cyclic N) is 1. The largest absolute Gasteiger partial charge is 0.491 e. The fraction of sp³-hybridized carbons (Fsp3) is 0.600. The molecule has 0 spiro atoms. The summed E-state index contributed by atoms with van der Waals surface area (Å²) in [6.07, 6.45) is 1.97. The topological polar surface area (TPSA) is 32.7 Å². The summed E-state index contributed by atoms with van der Waals surface area (Å²) in [6.45, 7) is 5.24. The quantitative estimate of drug-likeness (QED) is 0.888. The lowest BCUT2D eigenvalue weighted by Crippen LogP contribution is -2.41. The number of aliphatic hydroxyl groups excluding tert-OH is 1. The number of aliphatic hydroxyl groups is 1. The van der Waals surface area contributed by atoms with E-state index in [2.05, 4.69) is 11.8 Å². The highest BCUT2D eigenvalue weighted by molar-refractivity contribution is 5.22. The number of hydrogen-bond acceptors (Lipinski definition) is 3. The van der Waals surface area contributed by atoms with Crippen LogP contribution in [0.4, 0.5) is 4.39 Å². The van der Waals surface area contributed by atoms with Crippen LogP contribution in [0.2, 0.25) is 0 Å². The van der Waals surface area contributed by atoms with E-state index < -0.39 is 6.10 Å². The Morgan fingerprint density at radius 1 is 1.42 bits per heavy atom. The first-order valence-corrected chi connectivity index (χ1v) is 6.92. The zero-order valence-electron chi connectivity index (χ0n) is 11.4. The maximum atomic E-state index is 12.7. The summed E-state index contributed by atoms with van der Waals surface area (Å²) < 4.78 is 18.2. The van der Waals surface area contributed by atoms with E-state index in [9.17, 15) is 9.50 Å². The molecule has 0 amide bonds. The fourth-order valence-corrected chi connectivity index (χ4v) is 2.53. The van der Waals surface area contributed by atoms with Gasteiger partial charge in [0.15, 0.2) is 0 Å². The zero-order valence-corrected chi connectivity index (χ0v) is 11.4. The molecule has 0 unspecified atom stereocenters. The summed E-state index contributed by atoms with van der Waals surface area (Å²) >= 11 is 0. The monoisotopic (exact) mass is 267 g/mol. The van der Waals surface area contributed by atoms with Gasteiger partial charge in [0.1, 0.15) is 24.3 Å². The summed E-state index contributed by atoms with van der Waals surface area (Å²) in [4.78, 5) is 2.28. The van der Waals surface area contributed by atoms with Gasteiger partial charge < -0.3 is 14.7 Å². The molecule has 2 rings (SSSR count). The van der Waals surface area contributed by atoms with Crippen molar-refractivity contribution in [1.82, 2.24) is 4.90 Å². The molecule has 0 saturated carbocycles. The van der Waals surface area contributed by atoms with Gasteiger partial charge in [0.25, 0.3) is 0 Å². The van der Waals surface area contributed by atoms with Crippen molar-refractivity contribution in [3.63, 3.8) is 0 Å². The number of nitrogens with zero attached hydrogens (tertiary/aromatic N) is 1. The predicted molar refractivity (Wildman–Crippen MR) is 72.7 cm³/mol. The molecule has 1 aliphatic rings. The summed E-state index contributed by atoms with van der Waals surface area (Å²) in [5.74, 6) is 1.02. The maximum Gasteiger partial charge on any atom is 0.123 e. The first-order chi connectivity index (χ1) is 9.13. The first-order valence-electron chi connectivity index (χ1n) is 6.92. The molecule has 2 atom stereocenters. The smallest absolute Gasteiger partial charge is 0.123 e. The van der Waals surface area contributed by atoms with E-state index in [1.54, 1.807) is 12.1 Å². The Morgan fingerprint density at radius 3 is 2.84 bits per heavy atom. The third-order valence-electron chi connectivity index (χ3n) is 3.47. The van der Waals surface area contributed by atoms with Crippen molar-refractivity contribution in [2.75, 3.05) is 26.2 Å². The highest BCUT2D eigenvalue weighted by atomic mass is 19.1. The predicted octanol–water partition coefficient (Wildman–Crippen LogP) is 2.30. The molecule has 0 aromatic heterocycles. The third kappa shape index (κ3) is 4.80. The average Bonchev–Trinajstić information content (AvgIpc) is 2.38. The van der Waals surface area contributed by atoms with Gasteiger partial charge >= 0.3 is 0 Å². The van der Waals surface area contributed by atoms with E-state index in [-0.39, 0.29) is 12.4 Å². The Kier molecular flexibility index (Phi) is 5.16. The number of ether oxygens (including phenoxy) is 1. The van der Waals surface area contributed by atoms with E-state index in [4.69, 9.17) is 4.74 Å². The maximum absolute atomic E-state index is 12.7. The van der Waals surface area contributed by atoms with Gasteiger partial charge in [-0.2, -0.15) is 0 Å². The van der Waals surface area contributed by atoms with E-state index >= 15 is 0 Å². The van der Waals surface area contributed by atoms with Gasteiger partial charge in [0.05, 0.1) is 0 Å². The van der Waals surface area contributed by atoms with E-state index in [0.717, 1.165) is 13.1 Å². The summed E-state index contributed by atoms with van der Waals surface area (Å²) in [5, 5.41) is 9.96. The molecular weight excluding hydrogens is 245 g/mol. The van der Waals surface area contributed by atoms with Crippen LogP contribution in [0.1, 0.15) is 19.8 Å². The minimum atomic E-state index is -0.504. The van der Waals surface area contributed by atoms with Crippen LogP contribution in [0, 0.1) is 11.7 Å². The van der Waals surface area contributed by atoms with Crippen molar-refractivity contribution in [2.45, 2.75) is 25.9 Å². The van der Waals surface area contributed by atoms with Crippen molar-refractivity contribution in [1.29, 1.82) is 0 Å². The van der Waals surface area contributed by atoms with Crippen LogP contribution in [-0.4, -0.2) is 42.4 Å². The second-order valence-electron chi connectivity index (χ2n) is 5.43. The minimum Gasteiger partial charge on any atom is -0.491 e. The van der Waals surface area contributed by atoms with Crippen molar-refractivity contribution < 1.29 is 14.2 Å². The Balaban J connectivity index is 1.72. The SMILES string of the molecule is C[C@H]1CCCN(C[C@H](O)COc2ccc(F)cc2)C1. The molecule has 1 aromatic carbocycles. The molecule has 1 aliphatic heterocycles. The molecule has 106 valence electrons. The molecule has 1 N–H and O–H groups in total. The fourth-order valence-electron chi connectivity index (χ4n) is 2.53. The Bertz CT molecular complexity index is 382. The Hall–Kier alpha value is -1.13. The van der Waals surface area contributed by atoms with Gasteiger partial charge in [-0.1, -0.05) is 6.92 Å². The minimum absolute atomic E-state index is 0.247. The van der Waals surface area contributed by atoms with E-state index in [1.807, 2.05) is 0 Å². The molecule has 1 aromatic rings. The number of hydrogen-bond donors (Lipinski definition) is 1. The summed E-state index contributed by atoms with van der Waals surface area (Å²) in [7, 11) is 0. The highest BCUT2D eigenvalue weighted by Crippen LogP contribution is 2.16. The normalized spacial score (nSPS) is 22.2. The second kappa shape index (κ2) is 6.87. The lowest BCUT2D eigenvalue weighted by atomic mass is 10.0. The number of rotatable bonds is 5. The molecule has 1 saturated heterocycles. The van der Waals surface area contributed by atoms with Crippen LogP contribution in [0.25, 0.3) is 0 Å². The molecule has 0 bridgehead atoms. The molecule has 0 aliphatic carbocycles. The van der Waals surface area contributed by atoms with Gasteiger partial charge in [-0.05, 0) is 49.6 Å². The van der Waals surface area contributed by atoms with Crippen LogP contribution in [0.3, 0.4) is 0 Å². The zero-order chi connectivity index (χ0) is 13.7. The van der Waals surface area contributed by atoms with Crippen molar-refractivity contribution >= 4 is 0 Å². The van der Waals surface area contributed by atoms with E-state index in [0.29, 0.717) is 18.2 Å². The summed E-state index contributed by atoms with van der Waals surface area (Å²) in [6, 6.07) is 5.86. The van der Waals surface area contributed by atoms with E-state index in [1.165, 1.54) is 25.0 Å². The molecule has 1 heterocycles. The second-order valence-corrected chi connectivity index (χ2v) is 5.43. The standard InChI is InChI=1S/C15H22FNO2/c1-12-3-2-8-17(9-12)10-14(18)11-19-15-6-4-13(16)5-7-15/h4-7,12,14,18H,2-3,8-11H2,1H3/t12-,14-/m0/s1. The average molecular weight is 267 g/mol. The van der Waals surface area contributed by atoms with Crippen LogP contribution in [0.15, 0.2) is 24.3 Å². The molecular formula is C15H22FNO2. The molecule has 3 nitrogen and oxygen atoms in total. The molecule has 1 fully saturated rings. The third-order valence-corrected chi connectivity index (χ3v) is 3.47. The molecule has 19 heavy (non-hydrogen) atoms. The summed E-state index contributed by atoms with van der Waals surface area (Å²) in [5.41, 5.74) is 0. The lowest BCUT2D eigenvalue weighted by molar-refractivity contribution is 0.0537. The number of benzene rings is 1. The number of piperidine rings is 1. The number of halogens is 1. The first kappa shape index (κ1) is 14.3. The van der Waals surface area contributed by atoms with Gasteiger partial charge in [-0.3, -0.25) is 0 Å². The highest BCUT2D eigenvalue weighted by Gasteiger charge is 2.19. The van der Waals surface area contributed by atoms with Gasteiger partial charge in [0, 0.05) is 13.1 Å². The van der Waals surface area contributed by atoms with Crippen LogP contribution < -0.4 is 4.74 Å². The van der Waals surface area contributed by atoms with Crippen LogP contribution in [0.5, 0.6) is 5.75 Å². The molecule has 4 heteroatoms. The van der Waals surface area contributed by atoms with Crippen molar-refractivity contribution in [3.05, 3.63) is 30.1 Å². The van der Waals surface area contributed by atoms with Gasteiger partial charge in [0.2, 0.25) is 0 Å². The van der Waals surface area contributed by atoms with Crippen molar-refractivity contribution in [2.24, 2.45) is 5.92 Å². The van der Waals surface area contributed by atoms with Crippen molar-refractivity contribution in [3.8, 4) is 5.75 Å².